The number of ether oxygens (including phenoxy) is 2. The summed E-state index contributed by atoms with van der Waals surface area (Å²) >= 11 is 0. The van der Waals surface area contributed by atoms with E-state index in [2.05, 4.69) is 5.32 Å². The van der Waals surface area contributed by atoms with Gasteiger partial charge in [-0.2, -0.15) is 0 Å². The molecule has 1 amide bonds. The molecule has 0 aromatic heterocycles. The van der Waals surface area contributed by atoms with Gasteiger partial charge in [-0.05, 0) is 37.6 Å². The van der Waals surface area contributed by atoms with Crippen molar-refractivity contribution >= 4 is 23.5 Å². The first-order valence-electron chi connectivity index (χ1n) is 7.49. The highest BCUT2D eigenvalue weighted by molar-refractivity contribution is 6.04. The van der Waals surface area contributed by atoms with Gasteiger partial charge in [0.15, 0.2) is 17.3 Å². The van der Waals surface area contributed by atoms with E-state index >= 15 is 0 Å². The minimum Gasteiger partial charge on any atom is -0.454 e. The van der Waals surface area contributed by atoms with Crippen molar-refractivity contribution in [2.24, 2.45) is 0 Å². The zero-order chi connectivity index (χ0) is 17.5. The Morgan fingerprint density at radius 1 is 1.12 bits per heavy atom. The minimum atomic E-state index is -0.461. The predicted molar refractivity (Wildman–Crippen MR) is 88.7 cm³/mol. The summed E-state index contributed by atoms with van der Waals surface area (Å²) in [6.45, 7) is 3.39. The Hall–Kier alpha value is -2.89. The van der Waals surface area contributed by atoms with Crippen LogP contribution in [0.5, 0.6) is 11.5 Å². The van der Waals surface area contributed by atoms with Crippen molar-refractivity contribution in [1.82, 2.24) is 5.32 Å². The zero-order valence-corrected chi connectivity index (χ0v) is 13.6. The van der Waals surface area contributed by atoms with Crippen LogP contribution >= 0.6 is 0 Å². The summed E-state index contributed by atoms with van der Waals surface area (Å²) in [6, 6.07) is 5.58. The number of ketones is 2. The number of rotatable bonds is 7. The first-order chi connectivity index (χ1) is 11.4. The highest BCUT2D eigenvalue weighted by atomic mass is 16.7. The molecule has 0 bridgehead atoms. The molecule has 24 heavy (non-hydrogen) atoms. The highest BCUT2D eigenvalue weighted by Gasteiger charge is 2.12. The molecule has 0 atom stereocenters. The van der Waals surface area contributed by atoms with Gasteiger partial charge in [0, 0.05) is 0 Å². The van der Waals surface area contributed by atoms with Gasteiger partial charge in [-0.3, -0.25) is 14.4 Å². The lowest BCUT2D eigenvalue weighted by Crippen LogP contribution is -2.29. The largest absolute Gasteiger partial charge is 0.454 e. The lowest BCUT2D eigenvalue weighted by atomic mass is 10.1. The molecule has 0 unspecified atom stereocenters. The predicted octanol–water partition coefficient (Wildman–Crippen LogP) is 2.04. The maximum absolute atomic E-state index is 11.7. The van der Waals surface area contributed by atoms with E-state index in [1.165, 1.54) is 13.0 Å². The summed E-state index contributed by atoms with van der Waals surface area (Å²) in [5.41, 5.74) is 1.78. The Labute approximate surface area is 140 Å². The lowest BCUT2D eigenvalue weighted by Gasteiger charge is -2.00. The average molecular weight is 329 g/mol. The molecule has 1 aromatic carbocycles. The summed E-state index contributed by atoms with van der Waals surface area (Å²) in [6.07, 6.45) is 4.61. The van der Waals surface area contributed by atoms with Crippen LogP contribution in [-0.2, 0) is 14.4 Å². The summed E-state index contributed by atoms with van der Waals surface area (Å²) in [5.74, 6) is 0.464. The number of benzene rings is 1. The quantitative estimate of drug-likeness (QED) is 0.470. The molecule has 2 rings (SSSR count). The van der Waals surface area contributed by atoms with Crippen LogP contribution in [0.25, 0.3) is 6.08 Å². The van der Waals surface area contributed by atoms with E-state index in [4.69, 9.17) is 9.47 Å². The van der Waals surface area contributed by atoms with E-state index in [9.17, 15) is 14.4 Å². The van der Waals surface area contributed by atoms with Gasteiger partial charge in [-0.15, -0.1) is 0 Å². The number of hydrogen-bond acceptors (Lipinski definition) is 5. The van der Waals surface area contributed by atoms with Crippen LogP contribution in [0.4, 0.5) is 0 Å². The van der Waals surface area contributed by atoms with Crippen molar-refractivity contribution in [3.63, 3.8) is 0 Å². The number of hydrogen-bond donors (Lipinski definition) is 1. The number of nitrogens with one attached hydrogen (secondary N) is 1. The van der Waals surface area contributed by atoms with E-state index in [1.54, 1.807) is 6.08 Å². The van der Waals surface area contributed by atoms with Crippen molar-refractivity contribution in [1.29, 1.82) is 0 Å². The molecular formula is C18H19NO5. The number of carbonyl (C=O) groups is 3. The van der Waals surface area contributed by atoms with Gasteiger partial charge in [-0.25, -0.2) is 0 Å². The van der Waals surface area contributed by atoms with Crippen LogP contribution in [0, 0.1) is 0 Å². The highest BCUT2D eigenvalue weighted by Crippen LogP contribution is 2.33. The topological polar surface area (TPSA) is 81.7 Å². The average Bonchev–Trinajstić information content (AvgIpc) is 2.98. The van der Waals surface area contributed by atoms with Crippen LogP contribution in [0.3, 0.4) is 0 Å². The first-order valence-corrected chi connectivity index (χ1v) is 7.49. The number of fused-ring (bicyclic) bond motifs is 1. The normalized spacial score (nSPS) is 13.2. The summed E-state index contributed by atoms with van der Waals surface area (Å²) in [4.78, 5) is 33.9. The Bertz CT molecular complexity index is 718. The van der Waals surface area contributed by atoms with E-state index < -0.39 is 5.91 Å². The molecule has 0 saturated carbocycles. The Kier molecular flexibility index (Phi) is 5.89. The molecule has 0 aliphatic carbocycles. The van der Waals surface area contributed by atoms with E-state index in [1.807, 2.05) is 31.2 Å². The van der Waals surface area contributed by atoms with E-state index in [-0.39, 0.29) is 31.3 Å². The van der Waals surface area contributed by atoms with Crippen LogP contribution in [0.15, 0.2) is 35.9 Å². The third-order valence-corrected chi connectivity index (χ3v) is 3.19. The van der Waals surface area contributed by atoms with Gasteiger partial charge in [-0.1, -0.05) is 23.8 Å². The number of amides is 1. The molecule has 1 N–H and O–H groups in total. The molecule has 1 aliphatic rings. The Morgan fingerprint density at radius 2 is 1.88 bits per heavy atom. The van der Waals surface area contributed by atoms with Crippen molar-refractivity contribution < 1.29 is 23.9 Å². The maximum atomic E-state index is 11.7. The van der Waals surface area contributed by atoms with E-state index in [0.717, 1.165) is 11.1 Å². The van der Waals surface area contributed by atoms with Crippen molar-refractivity contribution in [2.75, 3.05) is 13.3 Å². The van der Waals surface area contributed by atoms with Crippen LogP contribution < -0.4 is 14.8 Å². The lowest BCUT2D eigenvalue weighted by molar-refractivity contribution is -0.128. The van der Waals surface area contributed by atoms with Gasteiger partial charge in [0.05, 0.1) is 13.0 Å². The third kappa shape index (κ3) is 5.39. The molecule has 1 aromatic rings. The van der Waals surface area contributed by atoms with Gasteiger partial charge >= 0.3 is 0 Å². The third-order valence-electron chi connectivity index (χ3n) is 3.19. The molecular weight excluding hydrogens is 310 g/mol. The Morgan fingerprint density at radius 3 is 2.62 bits per heavy atom. The first kappa shape index (κ1) is 17.5. The standard InChI is InChI=1S/C18H19NO5/c1-12(3-5-15(21)9-18(22)19-10-13(2)20)7-14-4-6-16-17(8-14)24-11-23-16/h3-8H,9-11H2,1-2H3,(H,19,22)/b5-3+,12-7+. The summed E-state index contributed by atoms with van der Waals surface area (Å²) in [5, 5.41) is 2.38. The fraction of sp³-hybridized carbons (Fsp3) is 0.278. The monoisotopic (exact) mass is 329 g/mol. The van der Waals surface area contributed by atoms with Crippen LogP contribution in [0.2, 0.25) is 0 Å². The van der Waals surface area contributed by atoms with Gasteiger partial charge in [0.1, 0.15) is 5.78 Å². The van der Waals surface area contributed by atoms with Gasteiger partial charge < -0.3 is 14.8 Å². The maximum Gasteiger partial charge on any atom is 0.231 e. The number of carbonyl (C=O) groups excluding carboxylic acids is 3. The Balaban J connectivity index is 1.89. The molecule has 0 saturated heterocycles. The second kappa shape index (κ2) is 8.10. The van der Waals surface area contributed by atoms with Gasteiger partial charge in [0.2, 0.25) is 12.7 Å². The van der Waals surface area contributed by atoms with Crippen molar-refractivity contribution in [2.45, 2.75) is 20.3 Å². The van der Waals surface area contributed by atoms with E-state index in [0.29, 0.717) is 11.5 Å². The SMILES string of the molecule is CC(=O)CNC(=O)CC(=O)/C=C/C(C)=C/c1ccc2c(c1)OCO2. The fourth-order valence-electron chi connectivity index (χ4n) is 2.04. The second-order valence-corrected chi connectivity index (χ2v) is 5.46. The van der Waals surface area contributed by atoms with Crippen molar-refractivity contribution in [3.05, 3.63) is 41.5 Å². The summed E-state index contributed by atoms with van der Waals surface area (Å²) in [7, 11) is 0. The molecule has 0 radical (unpaired) electrons. The summed E-state index contributed by atoms with van der Waals surface area (Å²) < 4.78 is 10.6. The fourth-order valence-corrected chi connectivity index (χ4v) is 2.04. The zero-order valence-electron chi connectivity index (χ0n) is 13.6. The van der Waals surface area contributed by atoms with Gasteiger partial charge in [0.25, 0.3) is 0 Å². The van der Waals surface area contributed by atoms with Crippen LogP contribution in [-0.4, -0.2) is 30.8 Å². The molecule has 1 heterocycles. The molecule has 0 fully saturated rings. The number of Topliss-reactive ketones (excluding diaryl/α,β-unsaturated/α-hetero) is 1. The molecule has 126 valence electrons. The second-order valence-electron chi connectivity index (χ2n) is 5.46. The minimum absolute atomic E-state index is 0.0567. The van der Waals surface area contributed by atoms with Crippen molar-refractivity contribution in [3.8, 4) is 11.5 Å². The molecule has 1 aliphatic heterocycles. The number of allylic oxidation sites excluding steroid dienone is 3. The molecule has 0 spiro atoms. The molecule has 6 heteroatoms. The smallest absolute Gasteiger partial charge is 0.231 e. The molecule has 6 nitrogen and oxygen atoms in total. The van der Waals surface area contributed by atoms with Crippen LogP contribution in [0.1, 0.15) is 25.8 Å².